The molecule has 4 nitrogen and oxygen atoms in total. The van der Waals surface area contributed by atoms with E-state index in [0.717, 1.165) is 43.1 Å². The molecule has 0 aliphatic rings. The second kappa shape index (κ2) is 15.9. The summed E-state index contributed by atoms with van der Waals surface area (Å²) < 4.78 is 11.7. The summed E-state index contributed by atoms with van der Waals surface area (Å²) in [4.78, 5) is 8.98. The smallest absolute Gasteiger partial charge is 0.159 e. The first-order valence-corrected chi connectivity index (χ1v) is 16.6. The van der Waals surface area contributed by atoms with Crippen LogP contribution in [0, 0.1) is 0 Å². The zero-order chi connectivity index (χ0) is 23.8. The third-order valence-electron chi connectivity index (χ3n) is 6.23. The Bertz CT molecular complexity index is 747. The number of hydrogen-bond acceptors (Lipinski definition) is 4. The highest BCUT2D eigenvalue weighted by Gasteiger charge is 2.18. The lowest BCUT2D eigenvalue weighted by Crippen LogP contribution is -2.24. The molecular formula is C28H46N2O2Si. The van der Waals surface area contributed by atoms with E-state index in [9.17, 15) is 0 Å². The SMILES string of the molecule is CCCCCCCCOc1ccc(-c2ncc(OCCCC[Si](C)(C)CCCC)cn2)cc1. The van der Waals surface area contributed by atoms with Crippen molar-refractivity contribution in [1.82, 2.24) is 9.97 Å². The molecule has 1 heterocycles. The molecule has 0 bridgehead atoms. The Hall–Kier alpha value is -1.88. The molecule has 0 spiro atoms. The number of unbranched alkanes of at least 4 members (excludes halogenated alkanes) is 7. The predicted molar refractivity (Wildman–Crippen MR) is 143 cm³/mol. The summed E-state index contributed by atoms with van der Waals surface area (Å²) in [6.45, 7) is 11.1. The van der Waals surface area contributed by atoms with Crippen molar-refractivity contribution < 1.29 is 9.47 Å². The molecule has 1 aromatic heterocycles. The Morgan fingerprint density at radius 2 is 1.18 bits per heavy atom. The van der Waals surface area contributed by atoms with E-state index in [1.54, 1.807) is 12.4 Å². The Morgan fingerprint density at radius 3 is 1.85 bits per heavy atom. The molecule has 0 saturated heterocycles. The number of aromatic nitrogens is 2. The summed E-state index contributed by atoms with van der Waals surface area (Å²) in [7, 11) is -1.01. The normalized spacial score (nSPS) is 11.5. The highest BCUT2D eigenvalue weighted by atomic mass is 28.3. The van der Waals surface area contributed by atoms with Gasteiger partial charge in [-0.15, -0.1) is 0 Å². The van der Waals surface area contributed by atoms with Crippen molar-refractivity contribution in [3.63, 3.8) is 0 Å². The molecule has 0 aliphatic carbocycles. The first-order chi connectivity index (χ1) is 16.0. The minimum atomic E-state index is -1.01. The number of ether oxygens (including phenoxy) is 2. The second-order valence-corrected chi connectivity index (χ2v) is 15.3. The molecule has 0 N–H and O–H groups in total. The lowest BCUT2D eigenvalue weighted by molar-refractivity contribution is 0.304. The molecule has 1 aromatic carbocycles. The minimum Gasteiger partial charge on any atom is -0.494 e. The fourth-order valence-electron chi connectivity index (χ4n) is 3.99. The summed E-state index contributed by atoms with van der Waals surface area (Å²) in [5.74, 6) is 2.38. The predicted octanol–water partition coefficient (Wildman–Crippen LogP) is 8.55. The van der Waals surface area contributed by atoms with Gasteiger partial charge in [0.05, 0.1) is 25.6 Å². The zero-order valence-corrected chi connectivity index (χ0v) is 22.6. The molecule has 0 unspecified atom stereocenters. The van der Waals surface area contributed by atoms with Crippen LogP contribution in [0.1, 0.15) is 78.1 Å². The van der Waals surface area contributed by atoms with Gasteiger partial charge in [-0.05, 0) is 37.1 Å². The minimum absolute atomic E-state index is 0.716. The van der Waals surface area contributed by atoms with Gasteiger partial charge in [-0.25, -0.2) is 9.97 Å². The summed E-state index contributed by atoms with van der Waals surface area (Å²) in [5, 5.41) is 0. The number of nitrogens with zero attached hydrogens (tertiary/aromatic N) is 2. The van der Waals surface area contributed by atoms with E-state index in [1.807, 2.05) is 24.3 Å². The molecule has 0 atom stereocenters. The van der Waals surface area contributed by atoms with E-state index >= 15 is 0 Å². The average Bonchev–Trinajstić information content (AvgIpc) is 2.83. The van der Waals surface area contributed by atoms with Crippen LogP contribution in [-0.2, 0) is 0 Å². The van der Waals surface area contributed by atoms with Crippen LogP contribution in [0.15, 0.2) is 36.7 Å². The van der Waals surface area contributed by atoms with E-state index in [2.05, 4.69) is 36.9 Å². The third-order valence-corrected chi connectivity index (χ3v) is 9.65. The number of benzene rings is 1. The molecule has 0 radical (unpaired) electrons. The van der Waals surface area contributed by atoms with Gasteiger partial charge in [0, 0.05) is 13.6 Å². The lowest BCUT2D eigenvalue weighted by Gasteiger charge is -2.21. The van der Waals surface area contributed by atoms with E-state index in [0.29, 0.717) is 5.82 Å². The van der Waals surface area contributed by atoms with E-state index < -0.39 is 8.07 Å². The summed E-state index contributed by atoms with van der Waals surface area (Å²) in [6.07, 6.45) is 16.3. The Labute approximate surface area is 203 Å². The Kier molecular flexibility index (Phi) is 13.2. The van der Waals surface area contributed by atoms with E-state index in [1.165, 1.54) is 63.5 Å². The van der Waals surface area contributed by atoms with Crippen molar-refractivity contribution in [1.29, 1.82) is 0 Å². The maximum Gasteiger partial charge on any atom is 0.159 e. The Balaban J connectivity index is 1.66. The van der Waals surface area contributed by atoms with Gasteiger partial charge in [0.2, 0.25) is 0 Å². The first kappa shape index (κ1) is 27.4. The van der Waals surface area contributed by atoms with Gasteiger partial charge in [-0.3, -0.25) is 0 Å². The van der Waals surface area contributed by atoms with Crippen LogP contribution in [0.3, 0.4) is 0 Å². The summed E-state index contributed by atoms with van der Waals surface area (Å²) >= 11 is 0. The average molecular weight is 471 g/mol. The molecule has 33 heavy (non-hydrogen) atoms. The highest BCUT2D eigenvalue weighted by molar-refractivity contribution is 6.77. The summed E-state index contributed by atoms with van der Waals surface area (Å²) in [5.41, 5.74) is 0.993. The van der Waals surface area contributed by atoms with Crippen LogP contribution < -0.4 is 9.47 Å². The van der Waals surface area contributed by atoms with Gasteiger partial charge >= 0.3 is 0 Å². The summed E-state index contributed by atoms with van der Waals surface area (Å²) in [6, 6.07) is 10.9. The van der Waals surface area contributed by atoms with Crippen LogP contribution in [-0.4, -0.2) is 31.3 Å². The van der Waals surface area contributed by atoms with Crippen molar-refractivity contribution in [3.05, 3.63) is 36.7 Å². The molecule has 2 aromatic rings. The van der Waals surface area contributed by atoms with Gasteiger partial charge < -0.3 is 9.47 Å². The number of rotatable bonds is 18. The van der Waals surface area contributed by atoms with Crippen LogP contribution in [0.4, 0.5) is 0 Å². The standard InChI is InChI=1S/C28H46N2O2Si/c1-5-7-9-10-11-12-19-31-26-17-15-25(16-18-26)28-29-23-27(24-30-28)32-20-13-14-22-33(3,4)21-8-6-2/h15-18,23-24H,5-14,19-22H2,1-4H3. The maximum atomic E-state index is 5.87. The fourth-order valence-corrected chi connectivity index (χ4v) is 6.76. The van der Waals surface area contributed by atoms with Crippen LogP contribution in [0.25, 0.3) is 11.4 Å². The molecular weight excluding hydrogens is 424 g/mol. The number of hydrogen-bond donors (Lipinski definition) is 0. The van der Waals surface area contributed by atoms with Crippen molar-refractivity contribution in [2.24, 2.45) is 0 Å². The van der Waals surface area contributed by atoms with E-state index in [-0.39, 0.29) is 0 Å². The van der Waals surface area contributed by atoms with Crippen LogP contribution >= 0.6 is 0 Å². The van der Waals surface area contributed by atoms with E-state index in [4.69, 9.17) is 9.47 Å². The highest BCUT2D eigenvalue weighted by Crippen LogP contribution is 2.22. The molecule has 0 amide bonds. The molecule has 2 rings (SSSR count). The van der Waals surface area contributed by atoms with Crippen molar-refractivity contribution in [3.8, 4) is 22.9 Å². The molecule has 0 saturated carbocycles. The van der Waals surface area contributed by atoms with Gasteiger partial charge in [0.15, 0.2) is 11.6 Å². The first-order valence-electron chi connectivity index (χ1n) is 13.2. The molecule has 5 heteroatoms. The molecule has 0 aliphatic heterocycles. The third kappa shape index (κ3) is 11.7. The monoisotopic (exact) mass is 470 g/mol. The largest absolute Gasteiger partial charge is 0.494 e. The van der Waals surface area contributed by atoms with Gasteiger partial charge in [-0.2, -0.15) is 0 Å². The van der Waals surface area contributed by atoms with Crippen molar-refractivity contribution in [2.45, 2.75) is 103 Å². The fraction of sp³-hybridized carbons (Fsp3) is 0.643. The van der Waals surface area contributed by atoms with Crippen molar-refractivity contribution in [2.75, 3.05) is 13.2 Å². The topological polar surface area (TPSA) is 44.2 Å². The molecule has 184 valence electrons. The van der Waals surface area contributed by atoms with Crippen molar-refractivity contribution >= 4 is 8.07 Å². The van der Waals surface area contributed by atoms with Crippen LogP contribution in [0.2, 0.25) is 25.2 Å². The zero-order valence-electron chi connectivity index (χ0n) is 21.6. The van der Waals surface area contributed by atoms with Gasteiger partial charge in [-0.1, -0.05) is 90.4 Å². The lowest BCUT2D eigenvalue weighted by atomic mass is 10.1. The van der Waals surface area contributed by atoms with Gasteiger partial charge in [0.1, 0.15) is 5.75 Å². The molecule has 0 fully saturated rings. The van der Waals surface area contributed by atoms with Crippen LogP contribution in [0.5, 0.6) is 11.5 Å². The second-order valence-electron chi connectivity index (χ2n) is 9.96. The van der Waals surface area contributed by atoms with Gasteiger partial charge in [0.25, 0.3) is 0 Å². The quantitative estimate of drug-likeness (QED) is 0.162. The Morgan fingerprint density at radius 1 is 0.636 bits per heavy atom. The maximum absolute atomic E-state index is 5.87.